The first-order valence-electron chi connectivity index (χ1n) is 5.41. The van der Waals surface area contributed by atoms with Crippen molar-refractivity contribution in [3.05, 3.63) is 59.1 Å². The molecule has 88 valence electrons. The number of anilines is 1. The average Bonchev–Trinajstić information content (AvgIpc) is 2.35. The number of hydrogen-bond donors (Lipinski definition) is 1. The highest BCUT2D eigenvalue weighted by Gasteiger charge is 2.09. The molecule has 2 rings (SSSR count). The van der Waals surface area contributed by atoms with Crippen molar-refractivity contribution in [1.29, 1.82) is 0 Å². The van der Waals surface area contributed by atoms with Gasteiger partial charge in [-0.25, -0.2) is 0 Å². The van der Waals surface area contributed by atoms with E-state index in [4.69, 9.17) is 11.6 Å². The molecule has 3 heteroatoms. The van der Waals surface area contributed by atoms with E-state index in [2.05, 4.69) is 0 Å². The van der Waals surface area contributed by atoms with Gasteiger partial charge < -0.3 is 10.0 Å². The number of phenolic OH excluding ortho intramolecular Hbond substituents is 1. The first-order valence-corrected chi connectivity index (χ1v) is 5.79. The summed E-state index contributed by atoms with van der Waals surface area (Å²) in [7, 11) is 1.97. The Morgan fingerprint density at radius 1 is 1.06 bits per heavy atom. The molecule has 0 spiro atoms. The second kappa shape index (κ2) is 5.11. The first-order chi connectivity index (χ1) is 8.18. The van der Waals surface area contributed by atoms with Gasteiger partial charge in [0.25, 0.3) is 0 Å². The Kier molecular flexibility index (Phi) is 3.55. The molecule has 0 saturated heterocycles. The van der Waals surface area contributed by atoms with Crippen molar-refractivity contribution in [2.24, 2.45) is 0 Å². The van der Waals surface area contributed by atoms with E-state index >= 15 is 0 Å². The standard InChI is InChI=1S/C14H14ClNO/c1-16(11-6-3-2-4-7-11)10-12-13(15)8-5-9-14(12)17/h2-9,17H,10H2,1H3. The number of para-hydroxylation sites is 1. The van der Waals surface area contributed by atoms with Crippen LogP contribution in [0.1, 0.15) is 5.56 Å². The van der Waals surface area contributed by atoms with Crippen molar-refractivity contribution in [3.63, 3.8) is 0 Å². The van der Waals surface area contributed by atoms with Crippen LogP contribution in [0.15, 0.2) is 48.5 Å². The molecule has 0 aliphatic rings. The zero-order valence-corrected chi connectivity index (χ0v) is 10.4. The summed E-state index contributed by atoms with van der Waals surface area (Å²) < 4.78 is 0. The lowest BCUT2D eigenvalue weighted by Gasteiger charge is -2.20. The van der Waals surface area contributed by atoms with Gasteiger partial charge in [0.05, 0.1) is 0 Å². The molecule has 0 atom stereocenters. The number of halogens is 1. The Hall–Kier alpha value is -1.67. The highest BCUT2D eigenvalue weighted by molar-refractivity contribution is 6.31. The first kappa shape index (κ1) is 11.8. The molecule has 0 saturated carbocycles. The Morgan fingerprint density at radius 3 is 2.41 bits per heavy atom. The summed E-state index contributed by atoms with van der Waals surface area (Å²) in [6.45, 7) is 0.579. The molecule has 0 fully saturated rings. The average molecular weight is 248 g/mol. The van der Waals surface area contributed by atoms with Gasteiger partial charge in [0.2, 0.25) is 0 Å². The molecule has 0 heterocycles. The molecular weight excluding hydrogens is 234 g/mol. The minimum absolute atomic E-state index is 0.236. The topological polar surface area (TPSA) is 23.5 Å². The summed E-state index contributed by atoms with van der Waals surface area (Å²) in [5.41, 5.74) is 1.84. The van der Waals surface area contributed by atoms with Crippen LogP contribution in [0, 0.1) is 0 Å². The summed E-state index contributed by atoms with van der Waals surface area (Å²) in [6.07, 6.45) is 0. The summed E-state index contributed by atoms with van der Waals surface area (Å²) >= 11 is 6.07. The summed E-state index contributed by atoms with van der Waals surface area (Å²) in [5.74, 6) is 0.236. The lowest BCUT2D eigenvalue weighted by molar-refractivity contribution is 0.468. The van der Waals surface area contributed by atoms with Crippen LogP contribution in [0.25, 0.3) is 0 Å². The van der Waals surface area contributed by atoms with Crippen LogP contribution in [-0.2, 0) is 6.54 Å². The van der Waals surface area contributed by atoms with Crippen LogP contribution in [0.4, 0.5) is 5.69 Å². The number of rotatable bonds is 3. The Bertz CT molecular complexity index is 479. The van der Waals surface area contributed by atoms with Crippen molar-refractivity contribution in [2.45, 2.75) is 6.54 Å². The smallest absolute Gasteiger partial charge is 0.122 e. The van der Waals surface area contributed by atoms with Gasteiger partial charge >= 0.3 is 0 Å². The zero-order valence-electron chi connectivity index (χ0n) is 9.60. The lowest BCUT2D eigenvalue weighted by Crippen LogP contribution is -2.16. The van der Waals surface area contributed by atoms with Crippen LogP contribution in [0.2, 0.25) is 5.02 Å². The van der Waals surface area contributed by atoms with Crippen molar-refractivity contribution in [3.8, 4) is 5.75 Å². The molecule has 1 N–H and O–H groups in total. The number of nitrogens with zero attached hydrogens (tertiary/aromatic N) is 1. The van der Waals surface area contributed by atoms with Crippen LogP contribution in [-0.4, -0.2) is 12.2 Å². The molecular formula is C14H14ClNO. The predicted octanol–water partition coefficient (Wildman–Crippen LogP) is 3.68. The molecule has 2 nitrogen and oxygen atoms in total. The molecule has 0 aliphatic carbocycles. The third-order valence-electron chi connectivity index (χ3n) is 2.69. The molecule has 0 bridgehead atoms. The van der Waals surface area contributed by atoms with Gasteiger partial charge in [0.1, 0.15) is 5.75 Å². The largest absolute Gasteiger partial charge is 0.508 e. The fourth-order valence-electron chi connectivity index (χ4n) is 1.71. The third kappa shape index (κ3) is 2.71. The third-order valence-corrected chi connectivity index (χ3v) is 3.04. The summed E-state index contributed by atoms with van der Waals surface area (Å²) in [5, 5.41) is 10.4. The van der Waals surface area contributed by atoms with E-state index in [-0.39, 0.29) is 5.75 Å². The van der Waals surface area contributed by atoms with Crippen molar-refractivity contribution < 1.29 is 5.11 Å². The van der Waals surface area contributed by atoms with Crippen LogP contribution in [0.5, 0.6) is 5.75 Å². The van der Waals surface area contributed by atoms with E-state index in [1.165, 1.54) is 0 Å². The highest BCUT2D eigenvalue weighted by Crippen LogP contribution is 2.27. The second-order valence-corrected chi connectivity index (χ2v) is 4.34. The Labute approximate surface area is 106 Å². The number of aromatic hydroxyl groups is 1. The number of benzene rings is 2. The van der Waals surface area contributed by atoms with Crippen molar-refractivity contribution in [2.75, 3.05) is 11.9 Å². The van der Waals surface area contributed by atoms with E-state index in [1.54, 1.807) is 18.2 Å². The van der Waals surface area contributed by atoms with E-state index in [0.29, 0.717) is 11.6 Å². The summed E-state index contributed by atoms with van der Waals surface area (Å²) in [4.78, 5) is 2.04. The van der Waals surface area contributed by atoms with Gasteiger partial charge in [-0.15, -0.1) is 0 Å². The predicted molar refractivity (Wildman–Crippen MR) is 71.7 cm³/mol. The maximum absolute atomic E-state index is 9.78. The monoisotopic (exact) mass is 247 g/mol. The summed E-state index contributed by atoms with van der Waals surface area (Å²) in [6, 6.07) is 15.2. The Balaban J connectivity index is 2.22. The molecule has 2 aromatic rings. The fraction of sp³-hybridized carbons (Fsp3) is 0.143. The van der Waals surface area contributed by atoms with Crippen LogP contribution in [0.3, 0.4) is 0 Å². The molecule has 0 amide bonds. The van der Waals surface area contributed by atoms with Gasteiger partial charge in [-0.05, 0) is 24.3 Å². The molecule has 0 unspecified atom stereocenters. The molecule has 0 aromatic heterocycles. The van der Waals surface area contributed by atoms with Gasteiger partial charge in [-0.1, -0.05) is 35.9 Å². The van der Waals surface area contributed by atoms with E-state index in [1.807, 2.05) is 42.3 Å². The van der Waals surface area contributed by atoms with Crippen molar-refractivity contribution in [1.82, 2.24) is 0 Å². The van der Waals surface area contributed by atoms with Gasteiger partial charge in [0, 0.05) is 29.9 Å². The quantitative estimate of drug-likeness (QED) is 0.894. The number of phenols is 1. The highest BCUT2D eigenvalue weighted by atomic mass is 35.5. The molecule has 17 heavy (non-hydrogen) atoms. The van der Waals surface area contributed by atoms with Crippen molar-refractivity contribution >= 4 is 17.3 Å². The van der Waals surface area contributed by atoms with E-state index in [9.17, 15) is 5.11 Å². The second-order valence-electron chi connectivity index (χ2n) is 3.93. The van der Waals surface area contributed by atoms with Crippen LogP contribution < -0.4 is 4.90 Å². The normalized spacial score (nSPS) is 10.2. The maximum Gasteiger partial charge on any atom is 0.122 e. The van der Waals surface area contributed by atoms with Gasteiger partial charge in [-0.3, -0.25) is 0 Å². The maximum atomic E-state index is 9.78. The molecule has 0 aliphatic heterocycles. The Morgan fingerprint density at radius 2 is 1.76 bits per heavy atom. The minimum Gasteiger partial charge on any atom is -0.508 e. The van der Waals surface area contributed by atoms with E-state index < -0.39 is 0 Å². The molecule has 2 aromatic carbocycles. The van der Waals surface area contributed by atoms with Gasteiger partial charge in [0.15, 0.2) is 0 Å². The SMILES string of the molecule is CN(Cc1c(O)cccc1Cl)c1ccccc1. The zero-order chi connectivity index (χ0) is 12.3. The van der Waals surface area contributed by atoms with Crippen LogP contribution >= 0.6 is 11.6 Å². The lowest BCUT2D eigenvalue weighted by atomic mass is 10.2. The molecule has 0 radical (unpaired) electrons. The van der Waals surface area contributed by atoms with Gasteiger partial charge in [-0.2, -0.15) is 0 Å². The fourth-order valence-corrected chi connectivity index (χ4v) is 1.94. The van der Waals surface area contributed by atoms with E-state index in [0.717, 1.165) is 11.3 Å². The number of hydrogen-bond acceptors (Lipinski definition) is 2. The minimum atomic E-state index is 0.236.